The summed E-state index contributed by atoms with van der Waals surface area (Å²) in [7, 11) is 1.61. The predicted molar refractivity (Wildman–Crippen MR) is 105 cm³/mol. The first-order valence-electron chi connectivity index (χ1n) is 8.64. The fourth-order valence-electron chi connectivity index (χ4n) is 2.61. The molecule has 6 heteroatoms. The number of carbonyl (C=O) groups excluding carboxylic acids is 1. The molecule has 2 N–H and O–H groups in total. The minimum absolute atomic E-state index is 0.246. The summed E-state index contributed by atoms with van der Waals surface area (Å²) in [6, 6.07) is 17.2. The van der Waals surface area contributed by atoms with Crippen LogP contribution in [-0.4, -0.2) is 23.0 Å². The monoisotopic (exact) mass is 362 g/mol. The number of methoxy groups -OCH3 is 1. The number of carbonyl (C=O) groups is 1. The zero-order valence-corrected chi connectivity index (χ0v) is 15.6. The number of aromatic nitrogens is 2. The van der Waals surface area contributed by atoms with Gasteiger partial charge in [-0.15, -0.1) is 0 Å². The van der Waals surface area contributed by atoms with Gasteiger partial charge in [0, 0.05) is 12.6 Å². The van der Waals surface area contributed by atoms with Crippen molar-refractivity contribution in [2.24, 2.45) is 0 Å². The van der Waals surface area contributed by atoms with Gasteiger partial charge in [-0.25, -0.2) is 9.97 Å². The molecule has 138 valence electrons. The molecule has 0 aliphatic carbocycles. The summed E-state index contributed by atoms with van der Waals surface area (Å²) < 4.78 is 5.34. The Kier molecular flexibility index (Phi) is 5.66. The van der Waals surface area contributed by atoms with Crippen molar-refractivity contribution in [2.75, 3.05) is 12.4 Å². The molecule has 0 spiro atoms. The summed E-state index contributed by atoms with van der Waals surface area (Å²) in [5.41, 5.74) is 3.30. The van der Waals surface area contributed by atoms with Crippen molar-refractivity contribution in [3.05, 3.63) is 77.2 Å². The Balaban J connectivity index is 1.74. The third kappa shape index (κ3) is 4.82. The van der Waals surface area contributed by atoms with Gasteiger partial charge in [-0.05, 0) is 31.5 Å². The Bertz CT molecular complexity index is 939. The molecule has 0 bridgehead atoms. The first-order chi connectivity index (χ1) is 13.0. The van der Waals surface area contributed by atoms with E-state index < -0.39 is 0 Å². The normalized spacial score (nSPS) is 10.3. The molecule has 1 amide bonds. The largest absolute Gasteiger partial charge is 0.495 e. The quantitative estimate of drug-likeness (QED) is 0.698. The second-order valence-electron chi connectivity index (χ2n) is 6.18. The fraction of sp³-hybridized carbons (Fsp3) is 0.190. The number of nitrogens with zero attached hydrogens (tertiary/aromatic N) is 2. The van der Waals surface area contributed by atoms with Gasteiger partial charge in [0.05, 0.1) is 12.8 Å². The second-order valence-corrected chi connectivity index (χ2v) is 6.18. The summed E-state index contributed by atoms with van der Waals surface area (Å²) >= 11 is 0. The predicted octanol–water partition coefficient (Wildman–Crippen LogP) is 3.78. The van der Waals surface area contributed by atoms with E-state index in [9.17, 15) is 4.79 Å². The van der Waals surface area contributed by atoms with Crippen LogP contribution in [0.2, 0.25) is 0 Å². The molecular weight excluding hydrogens is 340 g/mol. The number of amides is 1. The maximum absolute atomic E-state index is 12.5. The van der Waals surface area contributed by atoms with Gasteiger partial charge >= 0.3 is 0 Å². The minimum atomic E-state index is -0.246. The lowest BCUT2D eigenvalue weighted by Crippen LogP contribution is -2.24. The van der Waals surface area contributed by atoms with Crippen molar-refractivity contribution in [1.29, 1.82) is 0 Å². The highest BCUT2D eigenvalue weighted by Crippen LogP contribution is 2.26. The Morgan fingerprint density at radius 1 is 1.04 bits per heavy atom. The lowest BCUT2D eigenvalue weighted by molar-refractivity contribution is 0.0945. The van der Waals surface area contributed by atoms with Gasteiger partial charge in [0.1, 0.15) is 23.1 Å². The Morgan fingerprint density at radius 3 is 2.52 bits per heavy atom. The van der Waals surface area contributed by atoms with Crippen molar-refractivity contribution in [3.63, 3.8) is 0 Å². The maximum Gasteiger partial charge on any atom is 0.270 e. The van der Waals surface area contributed by atoms with Crippen LogP contribution >= 0.6 is 0 Å². The van der Waals surface area contributed by atoms with Crippen LogP contribution in [0.1, 0.15) is 27.4 Å². The van der Waals surface area contributed by atoms with Crippen LogP contribution in [0, 0.1) is 13.8 Å². The molecule has 1 heterocycles. The topological polar surface area (TPSA) is 76.1 Å². The average molecular weight is 362 g/mol. The zero-order valence-electron chi connectivity index (χ0n) is 15.6. The lowest BCUT2D eigenvalue weighted by atomic mass is 10.1. The maximum atomic E-state index is 12.5. The molecule has 0 unspecified atom stereocenters. The molecule has 3 aromatic rings. The van der Waals surface area contributed by atoms with Crippen molar-refractivity contribution in [1.82, 2.24) is 15.3 Å². The number of ether oxygens (including phenoxy) is 1. The van der Waals surface area contributed by atoms with E-state index in [0.717, 1.165) is 11.3 Å². The molecule has 27 heavy (non-hydrogen) atoms. The van der Waals surface area contributed by atoms with Crippen molar-refractivity contribution in [2.45, 2.75) is 20.4 Å². The average Bonchev–Trinajstić information content (AvgIpc) is 2.67. The van der Waals surface area contributed by atoms with Crippen molar-refractivity contribution in [3.8, 4) is 5.75 Å². The van der Waals surface area contributed by atoms with Crippen LogP contribution in [-0.2, 0) is 6.54 Å². The molecule has 0 atom stereocenters. The van der Waals surface area contributed by atoms with E-state index in [1.54, 1.807) is 20.1 Å². The van der Waals surface area contributed by atoms with Crippen LogP contribution in [0.5, 0.6) is 5.75 Å². The number of aryl methyl sites for hydroxylation is 2. The Labute approximate surface area is 158 Å². The van der Waals surface area contributed by atoms with E-state index in [0.29, 0.717) is 29.6 Å². The highest BCUT2D eigenvalue weighted by atomic mass is 16.5. The van der Waals surface area contributed by atoms with Gasteiger partial charge in [-0.2, -0.15) is 0 Å². The van der Waals surface area contributed by atoms with E-state index in [2.05, 4.69) is 20.6 Å². The fourth-order valence-corrected chi connectivity index (χ4v) is 2.61. The smallest absolute Gasteiger partial charge is 0.270 e. The third-order valence-corrected chi connectivity index (χ3v) is 4.01. The standard InChI is InChI=1S/C21H22N4O2/c1-14-8-10-16(11-9-14)13-22-21(26)18-12-20(24-15(2)23-18)25-17-6-4-5-7-19(17)27-3/h4-12H,13H2,1-3H3,(H,22,26)(H,23,24,25). The van der Waals surface area contributed by atoms with Gasteiger partial charge in [0.2, 0.25) is 0 Å². The van der Waals surface area contributed by atoms with Crippen LogP contribution < -0.4 is 15.4 Å². The molecule has 0 saturated heterocycles. The van der Waals surface area contributed by atoms with Gasteiger partial charge in [-0.3, -0.25) is 4.79 Å². The summed E-state index contributed by atoms with van der Waals surface area (Å²) in [5, 5.41) is 6.08. The molecule has 0 aliphatic heterocycles. The van der Waals surface area contributed by atoms with Crippen LogP contribution in [0.4, 0.5) is 11.5 Å². The molecule has 0 saturated carbocycles. The van der Waals surface area contributed by atoms with Crippen LogP contribution in [0.25, 0.3) is 0 Å². The molecule has 2 aromatic carbocycles. The summed E-state index contributed by atoms with van der Waals surface area (Å²) in [5.74, 6) is 1.49. The SMILES string of the molecule is COc1ccccc1Nc1cc(C(=O)NCc2ccc(C)cc2)nc(C)n1. The molecule has 0 aliphatic rings. The second kappa shape index (κ2) is 8.31. The van der Waals surface area contributed by atoms with Gasteiger partial charge < -0.3 is 15.4 Å². The Morgan fingerprint density at radius 2 is 1.78 bits per heavy atom. The molecule has 0 fully saturated rings. The van der Waals surface area contributed by atoms with E-state index >= 15 is 0 Å². The van der Waals surface area contributed by atoms with Gasteiger partial charge in [-0.1, -0.05) is 42.0 Å². The van der Waals surface area contributed by atoms with E-state index in [1.165, 1.54) is 5.56 Å². The van der Waals surface area contributed by atoms with E-state index in [4.69, 9.17) is 4.74 Å². The Hall–Kier alpha value is -3.41. The zero-order chi connectivity index (χ0) is 19.2. The molecule has 0 radical (unpaired) electrons. The molecule has 3 rings (SSSR count). The number of hydrogen-bond donors (Lipinski definition) is 2. The number of benzene rings is 2. The van der Waals surface area contributed by atoms with Gasteiger partial charge in [0.15, 0.2) is 0 Å². The highest BCUT2D eigenvalue weighted by molar-refractivity contribution is 5.93. The summed E-state index contributed by atoms with van der Waals surface area (Å²) in [6.07, 6.45) is 0. The van der Waals surface area contributed by atoms with Crippen LogP contribution in [0.3, 0.4) is 0 Å². The van der Waals surface area contributed by atoms with Crippen molar-refractivity contribution >= 4 is 17.4 Å². The van der Waals surface area contributed by atoms with E-state index in [-0.39, 0.29) is 5.91 Å². The number of hydrogen-bond acceptors (Lipinski definition) is 5. The molecule has 6 nitrogen and oxygen atoms in total. The molecular formula is C21H22N4O2. The molecule has 1 aromatic heterocycles. The summed E-state index contributed by atoms with van der Waals surface area (Å²) in [6.45, 7) is 4.23. The minimum Gasteiger partial charge on any atom is -0.495 e. The first kappa shape index (κ1) is 18.4. The van der Waals surface area contributed by atoms with E-state index in [1.807, 2.05) is 55.5 Å². The highest BCUT2D eigenvalue weighted by Gasteiger charge is 2.11. The summed E-state index contributed by atoms with van der Waals surface area (Å²) in [4.78, 5) is 21.1. The number of anilines is 2. The first-order valence-corrected chi connectivity index (χ1v) is 8.64. The van der Waals surface area contributed by atoms with Crippen molar-refractivity contribution < 1.29 is 9.53 Å². The number of nitrogens with one attached hydrogen (secondary N) is 2. The number of para-hydroxylation sites is 2. The van der Waals surface area contributed by atoms with Crippen LogP contribution in [0.15, 0.2) is 54.6 Å². The van der Waals surface area contributed by atoms with Gasteiger partial charge in [0.25, 0.3) is 5.91 Å². The third-order valence-electron chi connectivity index (χ3n) is 4.01. The number of rotatable bonds is 6. The lowest BCUT2D eigenvalue weighted by Gasteiger charge is -2.12.